The number of hydrogen-bond acceptors (Lipinski definition) is 3. The first kappa shape index (κ1) is 17.8. The normalized spacial score (nSPS) is 20.0. The number of carbonyl (C=O) groups excluding carboxylic acids is 1. The van der Waals surface area contributed by atoms with Crippen molar-refractivity contribution in [3.8, 4) is 0 Å². The summed E-state index contributed by atoms with van der Waals surface area (Å²) in [7, 11) is 3.45. The van der Waals surface area contributed by atoms with Gasteiger partial charge in [0.1, 0.15) is 0 Å². The molecule has 2 N–H and O–H groups in total. The highest BCUT2D eigenvalue weighted by molar-refractivity contribution is 5.81. The maximum Gasteiger partial charge on any atom is 0.225 e. The van der Waals surface area contributed by atoms with Crippen molar-refractivity contribution >= 4 is 11.9 Å². The number of hydrogen-bond donors (Lipinski definition) is 2. The molecule has 0 radical (unpaired) electrons. The van der Waals surface area contributed by atoms with E-state index in [9.17, 15) is 4.79 Å². The molecular weight excluding hydrogens is 268 g/mol. The van der Waals surface area contributed by atoms with Crippen LogP contribution >= 0.6 is 0 Å². The van der Waals surface area contributed by atoms with Gasteiger partial charge in [0.15, 0.2) is 5.96 Å². The standard InChI is InChI=1S/C15H30N4O2/c1-11(2)13(20)19-8-7-12(9-19)18-14(16-5)17-10-15(3,4)21-6/h11-12H,7-10H2,1-6H3,(H2,16,17,18). The van der Waals surface area contributed by atoms with Gasteiger partial charge < -0.3 is 20.3 Å². The molecule has 6 nitrogen and oxygen atoms in total. The fraction of sp³-hybridized carbons (Fsp3) is 0.867. The van der Waals surface area contributed by atoms with Gasteiger partial charge in [-0.1, -0.05) is 13.8 Å². The van der Waals surface area contributed by atoms with Gasteiger partial charge in [-0.15, -0.1) is 0 Å². The fourth-order valence-electron chi connectivity index (χ4n) is 2.20. The number of methoxy groups -OCH3 is 1. The van der Waals surface area contributed by atoms with Crippen LogP contribution in [0.5, 0.6) is 0 Å². The maximum absolute atomic E-state index is 12.0. The lowest BCUT2D eigenvalue weighted by Gasteiger charge is -2.25. The highest BCUT2D eigenvalue weighted by Crippen LogP contribution is 2.12. The van der Waals surface area contributed by atoms with Crippen LogP contribution < -0.4 is 10.6 Å². The first-order valence-electron chi connectivity index (χ1n) is 7.60. The van der Waals surface area contributed by atoms with Crippen molar-refractivity contribution in [3.05, 3.63) is 0 Å². The Morgan fingerprint density at radius 2 is 2.14 bits per heavy atom. The molecule has 0 aromatic rings. The number of nitrogens with zero attached hydrogens (tertiary/aromatic N) is 2. The number of amides is 1. The average Bonchev–Trinajstić information content (AvgIpc) is 2.90. The molecule has 1 unspecified atom stereocenters. The molecule has 1 heterocycles. The minimum Gasteiger partial charge on any atom is -0.377 e. The Labute approximate surface area is 128 Å². The lowest BCUT2D eigenvalue weighted by molar-refractivity contribution is -0.133. The van der Waals surface area contributed by atoms with E-state index >= 15 is 0 Å². The highest BCUT2D eigenvalue weighted by atomic mass is 16.5. The van der Waals surface area contributed by atoms with Gasteiger partial charge in [0.05, 0.1) is 5.60 Å². The molecule has 1 amide bonds. The van der Waals surface area contributed by atoms with E-state index in [1.807, 2.05) is 32.6 Å². The second-order valence-corrected chi connectivity index (χ2v) is 6.46. The van der Waals surface area contributed by atoms with Crippen molar-refractivity contribution in [2.45, 2.75) is 45.8 Å². The molecule has 1 aliphatic rings. The van der Waals surface area contributed by atoms with Crippen LogP contribution in [0.1, 0.15) is 34.1 Å². The summed E-state index contributed by atoms with van der Waals surface area (Å²) in [6.07, 6.45) is 0.951. The molecule has 1 aliphatic heterocycles. The molecule has 1 atom stereocenters. The Bertz CT molecular complexity index is 380. The Kier molecular flexibility index (Phi) is 6.45. The molecule has 1 rings (SSSR count). The average molecular weight is 298 g/mol. The molecule has 1 fully saturated rings. The van der Waals surface area contributed by atoms with Gasteiger partial charge in [0, 0.05) is 45.8 Å². The zero-order valence-corrected chi connectivity index (χ0v) is 14.2. The first-order chi connectivity index (χ1) is 9.79. The van der Waals surface area contributed by atoms with E-state index in [0.29, 0.717) is 6.54 Å². The molecule has 1 saturated heterocycles. The topological polar surface area (TPSA) is 66.0 Å². The molecule has 0 aromatic heterocycles. The van der Waals surface area contributed by atoms with E-state index in [2.05, 4.69) is 15.6 Å². The molecular formula is C15H30N4O2. The van der Waals surface area contributed by atoms with Gasteiger partial charge >= 0.3 is 0 Å². The third-order valence-corrected chi connectivity index (χ3v) is 3.79. The summed E-state index contributed by atoms with van der Waals surface area (Å²) in [5, 5.41) is 6.64. The Morgan fingerprint density at radius 3 is 2.67 bits per heavy atom. The maximum atomic E-state index is 12.0. The van der Waals surface area contributed by atoms with Crippen molar-refractivity contribution in [2.75, 3.05) is 33.8 Å². The van der Waals surface area contributed by atoms with E-state index in [4.69, 9.17) is 4.74 Å². The number of rotatable bonds is 5. The molecule has 0 aliphatic carbocycles. The summed E-state index contributed by atoms with van der Waals surface area (Å²) < 4.78 is 5.38. The van der Waals surface area contributed by atoms with Crippen molar-refractivity contribution in [2.24, 2.45) is 10.9 Å². The van der Waals surface area contributed by atoms with Gasteiger partial charge in [-0.05, 0) is 20.3 Å². The summed E-state index contributed by atoms with van der Waals surface area (Å²) in [6.45, 7) is 10.1. The number of aliphatic imine (C=N–C) groups is 1. The zero-order valence-electron chi connectivity index (χ0n) is 14.2. The third kappa shape index (κ3) is 5.53. The first-order valence-corrected chi connectivity index (χ1v) is 7.60. The summed E-state index contributed by atoms with van der Waals surface area (Å²) >= 11 is 0. The van der Waals surface area contributed by atoms with Crippen molar-refractivity contribution in [1.82, 2.24) is 15.5 Å². The number of ether oxygens (including phenoxy) is 1. The smallest absolute Gasteiger partial charge is 0.225 e. The highest BCUT2D eigenvalue weighted by Gasteiger charge is 2.28. The minimum absolute atomic E-state index is 0.0590. The van der Waals surface area contributed by atoms with Crippen molar-refractivity contribution in [3.63, 3.8) is 0 Å². The molecule has 0 saturated carbocycles. The van der Waals surface area contributed by atoms with Crippen LogP contribution in [0.2, 0.25) is 0 Å². The predicted molar refractivity (Wildman–Crippen MR) is 85.4 cm³/mol. The second-order valence-electron chi connectivity index (χ2n) is 6.46. The van der Waals surface area contributed by atoms with Crippen molar-refractivity contribution in [1.29, 1.82) is 0 Å². The number of likely N-dealkylation sites (tertiary alicyclic amines) is 1. The quantitative estimate of drug-likeness (QED) is 0.583. The van der Waals surface area contributed by atoms with E-state index in [1.165, 1.54) is 0 Å². The van der Waals surface area contributed by atoms with Crippen LogP contribution in [0.4, 0.5) is 0 Å². The lowest BCUT2D eigenvalue weighted by Crippen LogP contribution is -2.49. The van der Waals surface area contributed by atoms with Crippen LogP contribution in [0, 0.1) is 5.92 Å². The summed E-state index contributed by atoms with van der Waals surface area (Å²) in [4.78, 5) is 18.1. The van der Waals surface area contributed by atoms with Crippen LogP contribution in [-0.4, -0.2) is 62.2 Å². The van der Waals surface area contributed by atoms with Gasteiger partial charge in [-0.2, -0.15) is 0 Å². The van der Waals surface area contributed by atoms with Crippen molar-refractivity contribution < 1.29 is 9.53 Å². The van der Waals surface area contributed by atoms with Crippen LogP contribution in [0.15, 0.2) is 4.99 Å². The summed E-state index contributed by atoms with van der Waals surface area (Å²) in [6, 6.07) is 0.254. The largest absolute Gasteiger partial charge is 0.377 e. The zero-order chi connectivity index (χ0) is 16.0. The predicted octanol–water partition coefficient (Wildman–Crippen LogP) is 0.833. The molecule has 21 heavy (non-hydrogen) atoms. The Morgan fingerprint density at radius 1 is 1.48 bits per heavy atom. The van der Waals surface area contributed by atoms with Crippen LogP contribution in [-0.2, 0) is 9.53 Å². The van der Waals surface area contributed by atoms with E-state index in [0.717, 1.165) is 25.5 Å². The fourth-order valence-corrected chi connectivity index (χ4v) is 2.20. The second kappa shape index (κ2) is 7.64. The third-order valence-electron chi connectivity index (χ3n) is 3.79. The summed E-state index contributed by atoms with van der Waals surface area (Å²) in [5.74, 6) is 1.04. The van der Waals surface area contributed by atoms with Gasteiger partial charge in [0.25, 0.3) is 0 Å². The molecule has 0 aromatic carbocycles. The molecule has 0 spiro atoms. The molecule has 122 valence electrons. The SMILES string of the molecule is CN=C(NCC(C)(C)OC)NC1CCN(C(=O)C(C)C)C1. The lowest BCUT2D eigenvalue weighted by atomic mass is 10.1. The minimum atomic E-state index is -0.243. The number of carbonyl (C=O) groups is 1. The number of nitrogens with one attached hydrogen (secondary N) is 2. The van der Waals surface area contributed by atoms with E-state index in [1.54, 1.807) is 14.2 Å². The monoisotopic (exact) mass is 298 g/mol. The van der Waals surface area contributed by atoms with Gasteiger partial charge in [0.2, 0.25) is 5.91 Å². The van der Waals surface area contributed by atoms with E-state index in [-0.39, 0.29) is 23.5 Å². The van der Waals surface area contributed by atoms with Gasteiger partial charge in [-0.3, -0.25) is 9.79 Å². The molecule has 0 bridgehead atoms. The Hall–Kier alpha value is -1.30. The summed E-state index contributed by atoms with van der Waals surface area (Å²) in [5.41, 5.74) is -0.243. The van der Waals surface area contributed by atoms with Crippen LogP contribution in [0.3, 0.4) is 0 Å². The number of guanidine groups is 1. The van der Waals surface area contributed by atoms with Crippen LogP contribution in [0.25, 0.3) is 0 Å². The van der Waals surface area contributed by atoms with Gasteiger partial charge in [-0.25, -0.2) is 0 Å². The molecule has 6 heteroatoms. The van der Waals surface area contributed by atoms with E-state index < -0.39 is 0 Å². The Balaban J connectivity index is 2.44.